The van der Waals surface area contributed by atoms with E-state index in [1.165, 1.54) is 0 Å². The molecule has 0 spiro atoms. The Morgan fingerprint density at radius 1 is 1.30 bits per heavy atom. The Kier molecular flexibility index (Phi) is 4.06. The normalized spacial score (nSPS) is 26.7. The second kappa shape index (κ2) is 5.80. The molecule has 0 amide bonds. The number of morpholine rings is 1. The molecule has 1 saturated carbocycles. The van der Waals surface area contributed by atoms with E-state index in [1.54, 1.807) is 6.07 Å². The zero-order valence-electron chi connectivity index (χ0n) is 11.1. The number of ether oxygens (including phenoxy) is 1. The monoisotopic (exact) mass is 313 g/mol. The molecule has 1 aliphatic carbocycles. The third kappa shape index (κ3) is 3.03. The van der Waals surface area contributed by atoms with Crippen LogP contribution in [0.25, 0.3) is 0 Å². The highest BCUT2D eigenvalue weighted by Crippen LogP contribution is 2.46. The van der Waals surface area contributed by atoms with Gasteiger partial charge in [-0.05, 0) is 24.1 Å². The average Bonchev–Trinajstić information content (AvgIpc) is 3.18. The quantitative estimate of drug-likeness (QED) is 0.674. The number of guanidine groups is 1. The maximum Gasteiger partial charge on any atom is 0.191 e. The number of halogens is 2. The number of nitrogens with two attached hydrogens (primary N) is 1. The lowest BCUT2D eigenvalue weighted by molar-refractivity contribution is 0.0674. The van der Waals surface area contributed by atoms with Gasteiger partial charge in [-0.15, -0.1) is 0 Å². The van der Waals surface area contributed by atoms with E-state index in [-0.39, 0.29) is 6.04 Å². The summed E-state index contributed by atoms with van der Waals surface area (Å²) in [6.45, 7) is 3.06. The molecule has 20 heavy (non-hydrogen) atoms. The lowest BCUT2D eigenvalue weighted by Crippen LogP contribution is -2.45. The summed E-state index contributed by atoms with van der Waals surface area (Å²) in [4.78, 5) is 6.68. The lowest BCUT2D eigenvalue weighted by atomic mass is 10.1. The summed E-state index contributed by atoms with van der Waals surface area (Å²) in [7, 11) is 0. The highest BCUT2D eigenvalue weighted by Gasteiger charge is 2.40. The van der Waals surface area contributed by atoms with Crippen LogP contribution in [-0.2, 0) is 4.74 Å². The Balaban J connectivity index is 1.66. The Bertz CT molecular complexity index is 529. The van der Waals surface area contributed by atoms with Crippen molar-refractivity contribution in [1.29, 1.82) is 0 Å². The van der Waals surface area contributed by atoms with Crippen molar-refractivity contribution in [3.63, 3.8) is 0 Å². The molecule has 108 valence electrons. The average molecular weight is 314 g/mol. The Hall–Kier alpha value is -0.970. The highest BCUT2D eigenvalue weighted by atomic mass is 35.5. The van der Waals surface area contributed by atoms with Gasteiger partial charge in [-0.25, -0.2) is 4.99 Å². The summed E-state index contributed by atoms with van der Waals surface area (Å²) < 4.78 is 5.31. The van der Waals surface area contributed by atoms with Crippen LogP contribution >= 0.6 is 23.2 Å². The molecule has 3 rings (SSSR count). The van der Waals surface area contributed by atoms with Crippen molar-refractivity contribution < 1.29 is 4.74 Å². The van der Waals surface area contributed by atoms with Crippen molar-refractivity contribution in [2.45, 2.75) is 18.4 Å². The van der Waals surface area contributed by atoms with E-state index in [4.69, 9.17) is 33.7 Å². The first-order chi connectivity index (χ1) is 9.65. The van der Waals surface area contributed by atoms with E-state index < -0.39 is 0 Å². The zero-order chi connectivity index (χ0) is 14.1. The summed E-state index contributed by atoms with van der Waals surface area (Å²) in [5, 5.41) is 1.37. The molecule has 1 aromatic rings. The Labute approximate surface area is 128 Å². The van der Waals surface area contributed by atoms with Gasteiger partial charge in [-0.1, -0.05) is 29.3 Å². The van der Waals surface area contributed by atoms with Crippen LogP contribution in [0.3, 0.4) is 0 Å². The van der Waals surface area contributed by atoms with Crippen molar-refractivity contribution in [1.82, 2.24) is 4.90 Å². The van der Waals surface area contributed by atoms with Gasteiger partial charge in [0.2, 0.25) is 0 Å². The molecule has 6 heteroatoms. The minimum Gasteiger partial charge on any atom is -0.378 e. The highest BCUT2D eigenvalue weighted by molar-refractivity contribution is 6.35. The van der Waals surface area contributed by atoms with Gasteiger partial charge in [-0.2, -0.15) is 0 Å². The van der Waals surface area contributed by atoms with E-state index in [1.807, 2.05) is 12.1 Å². The third-order valence-electron chi connectivity index (χ3n) is 3.75. The number of rotatable bonds is 2. The maximum absolute atomic E-state index is 6.22. The molecule has 0 bridgehead atoms. The van der Waals surface area contributed by atoms with Gasteiger partial charge >= 0.3 is 0 Å². The van der Waals surface area contributed by atoms with Crippen molar-refractivity contribution in [3.8, 4) is 0 Å². The number of hydrogen-bond acceptors (Lipinski definition) is 2. The van der Waals surface area contributed by atoms with Crippen LogP contribution < -0.4 is 5.73 Å². The smallest absolute Gasteiger partial charge is 0.191 e. The molecule has 0 aromatic heterocycles. The van der Waals surface area contributed by atoms with Gasteiger partial charge in [0.1, 0.15) is 0 Å². The molecular formula is C14H17Cl2N3O. The van der Waals surface area contributed by atoms with Crippen LogP contribution in [0.5, 0.6) is 0 Å². The van der Waals surface area contributed by atoms with Crippen molar-refractivity contribution in [3.05, 3.63) is 33.8 Å². The van der Waals surface area contributed by atoms with Crippen molar-refractivity contribution >= 4 is 29.2 Å². The molecule has 2 fully saturated rings. The first kappa shape index (κ1) is 14.0. The number of benzene rings is 1. The minimum absolute atomic E-state index is 0.233. The molecule has 2 N–H and O–H groups in total. The fourth-order valence-corrected chi connectivity index (χ4v) is 3.05. The third-order valence-corrected chi connectivity index (χ3v) is 4.31. The topological polar surface area (TPSA) is 50.8 Å². The van der Waals surface area contributed by atoms with Gasteiger partial charge in [0, 0.05) is 29.1 Å². The molecule has 1 heterocycles. The lowest BCUT2D eigenvalue weighted by Gasteiger charge is -2.27. The van der Waals surface area contributed by atoms with E-state index in [0.29, 0.717) is 35.1 Å². The Morgan fingerprint density at radius 3 is 2.75 bits per heavy atom. The van der Waals surface area contributed by atoms with E-state index in [9.17, 15) is 0 Å². The van der Waals surface area contributed by atoms with Crippen LogP contribution in [0.15, 0.2) is 23.2 Å². The summed E-state index contributed by atoms with van der Waals surface area (Å²) >= 11 is 12.1. The van der Waals surface area contributed by atoms with Gasteiger partial charge in [-0.3, -0.25) is 0 Å². The molecule has 0 unspecified atom stereocenters. The molecule has 1 aliphatic heterocycles. The largest absolute Gasteiger partial charge is 0.378 e. The van der Waals surface area contributed by atoms with Gasteiger partial charge < -0.3 is 15.4 Å². The SMILES string of the molecule is NC(=N[C@@H]1C[C@H]1c1ccc(Cl)cc1Cl)N1CCOCC1. The van der Waals surface area contributed by atoms with E-state index in [0.717, 1.165) is 25.1 Å². The summed E-state index contributed by atoms with van der Waals surface area (Å²) in [5.74, 6) is 0.977. The second-order valence-electron chi connectivity index (χ2n) is 5.16. The number of aliphatic imine (C=N–C) groups is 1. The molecule has 4 nitrogen and oxygen atoms in total. The molecule has 2 aliphatic rings. The van der Waals surface area contributed by atoms with Crippen molar-refractivity contribution in [2.24, 2.45) is 10.7 Å². The summed E-state index contributed by atoms with van der Waals surface area (Å²) in [6, 6.07) is 5.86. The van der Waals surface area contributed by atoms with Crippen LogP contribution in [0.1, 0.15) is 17.9 Å². The van der Waals surface area contributed by atoms with Crippen LogP contribution in [-0.4, -0.2) is 43.2 Å². The Morgan fingerprint density at radius 2 is 2.05 bits per heavy atom. The minimum atomic E-state index is 0.233. The number of nitrogens with zero attached hydrogens (tertiary/aromatic N) is 2. The van der Waals surface area contributed by atoms with E-state index >= 15 is 0 Å². The molecular weight excluding hydrogens is 297 g/mol. The summed E-state index contributed by atoms with van der Waals surface area (Å²) in [5.41, 5.74) is 7.17. The predicted molar refractivity (Wildman–Crippen MR) is 81.6 cm³/mol. The second-order valence-corrected chi connectivity index (χ2v) is 6.01. The van der Waals surface area contributed by atoms with Gasteiger partial charge in [0.05, 0.1) is 19.3 Å². The fraction of sp³-hybridized carbons (Fsp3) is 0.500. The molecule has 1 aromatic carbocycles. The van der Waals surface area contributed by atoms with Crippen LogP contribution in [0, 0.1) is 0 Å². The first-order valence-electron chi connectivity index (χ1n) is 6.76. The van der Waals surface area contributed by atoms with Gasteiger partial charge in [0.15, 0.2) is 5.96 Å². The van der Waals surface area contributed by atoms with E-state index in [2.05, 4.69) is 9.89 Å². The summed E-state index contributed by atoms with van der Waals surface area (Å²) in [6.07, 6.45) is 0.992. The van der Waals surface area contributed by atoms with Gasteiger partial charge in [0.25, 0.3) is 0 Å². The molecule has 2 atom stereocenters. The first-order valence-corrected chi connectivity index (χ1v) is 7.51. The standard InChI is InChI=1S/C14H17Cl2N3O/c15-9-1-2-10(12(16)7-9)11-8-13(11)18-14(17)19-3-5-20-6-4-19/h1-2,7,11,13H,3-6,8H2,(H2,17,18)/t11-,13+/m0/s1. The predicted octanol–water partition coefficient (Wildman–Crippen LogP) is 2.50. The van der Waals surface area contributed by atoms with Crippen molar-refractivity contribution in [2.75, 3.05) is 26.3 Å². The van der Waals surface area contributed by atoms with Crippen LogP contribution in [0.4, 0.5) is 0 Å². The maximum atomic E-state index is 6.22. The fourth-order valence-electron chi connectivity index (χ4n) is 2.50. The zero-order valence-corrected chi connectivity index (χ0v) is 12.6. The number of hydrogen-bond donors (Lipinski definition) is 1. The molecule has 0 radical (unpaired) electrons. The van der Waals surface area contributed by atoms with Crippen LogP contribution in [0.2, 0.25) is 10.0 Å². The molecule has 1 saturated heterocycles.